The van der Waals surface area contributed by atoms with Crippen LogP contribution >= 0.6 is 12.2 Å². The maximum absolute atomic E-state index is 5.59. The lowest BCUT2D eigenvalue weighted by atomic mass is 10.0. The van der Waals surface area contributed by atoms with Crippen LogP contribution in [0.5, 0.6) is 0 Å². The lowest BCUT2D eigenvalue weighted by Gasteiger charge is -2.26. The Hall–Kier alpha value is -2.50. The molecule has 120 valence electrons. The SMILES string of the molecule is C=CCN1NC(=S)N2c3ccccc3C(c3ccccc3)=NCC12. The molecule has 1 atom stereocenters. The first kappa shape index (κ1) is 15.1. The number of rotatable bonds is 3. The van der Waals surface area contributed by atoms with Gasteiger partial charge in [0, 0.05) is 17.7 Å². The molecule has 2 aliphatic heterocycles. The normalized spacial score (nSPS) is 19.8. The number of anilines is 1. The van der Waals surface area contributed by atoms with Crippen molar-refractivity contribution < 1.29 is 0 Å². The zero-order valence-electron chi connectivity index (χ0n) is 13.2. The molecule has 0 amide bonds. The molecule has 2 aromatic carbocycles. The predicted molar refractivity (Wildman–Crippen MR) is 102 cm³/mol. The van der Waals surface area contributed by atoms with Gasteiger partial charge >= 0.3 is 0 Å². The number of aliphatic imine (C=N–C) groups is 1. The molecule has 4 nitrogen and oxygen atoms in total. The van der Waals surface area contributed by atoms with E-state index in [1.807, 2.05) is 36.4 Å². The fourth-order valence-corrected chi connectivity index (χ4v) is 3.60. The largest absolute Gasteiger partial charge is 0.297 e. The molecule has 0 spiro atoms. The zero-order valence-corrected chi connectivity index (χ0v) is 14.0. The molecular formula is C19H18N4S. The van der Waals surface area contributed by atoms with Crippen molar-refractivity contribution >= 4 is 28.7 Å². The lowest BCUT2D eigenvalue weighted by Crippen LogP contribution is -2.43. The first-order valence-corrected chi connectivity index (χ1v) is 8.37. The maximum atomic E-state index is 5.59. The number of para-hydroxylation sites is 1. The van der Waals surface area contributed by atoms with E-state index in [1.54, 1.807) is 0 Å². The van der Waals surface area contributed by atoms with E-state index in [4.69, 9.17) is 17.2 Å². The van der Waals surface area contributed by atoms with Crippen LogP contribution in [0.15, 0.2) is 72.2 Å². The standard InChI is InChI=1S/C19H18N4S/c1-2-12-22-17-13-20-18(14-8-4-3-5-9-14)15-10-6-7-11-16(15)23(17)19(24)21-22/h2-11,17H,1,12-13H2,(H,21,24). The van der Waals surface area contributed by atoms with Crippen molar-refractivity contribution in [2.24, 2.45) is 4.99 Å². The summed E-state index contributed by atoms with van der Waals surface area (Å²) in [6.07, 6.45) is 1.93. The predicted octanol–water partition coefficient (Wildman–Crippen LogP) is 2.96. The van der Waals surface area contributed by atoms with E-state index in [2.05, 4.69) is 46.2 Å². The molecule has 1 N–H and O–H groups in total. The van der Waals surface area contributed by atoms with Crippen molar-refractivity contribution in [3.63, 3.8) is 0 Å². The highest BCUT2D eigenvalue weighted by Crippen LogP contribution is 2.31. The number of nitrogens with zero attached hydrogens (tertiary/aromatic N) is 3. The Bertz CT molecular complexity index is 815. The minimum atomic E-state index is 0.0536. The summed E-state index contributed by atoms with van der Waals surface area (Å²) in [4.78, 5) is 7.10. The summed E-state index contributed by atoms with van der Waals surface area (Å²) in [5.74, 6) is 0. The summed E-state index contributed by atoms with van der Waals surface area (Å²) in [5.41, 5.74) is 7.61. The number of hydrogen-bond donors (Lipinski definition) is 1. The Kier molecular flexibility index (Phi) is 3.88. The molecule has 0 radical (unpaired) electrons. The molecule has 0 aromatic heterocycles. The van der Waals surface area contributed by atoms with Crippen LogP contribution in [0.25, 0.3) is 0 Å². The molecule has 0 bridgehead atoms. The molecule has 1 saturated heterocycles. The van der Waals surface area contributed by atoms with Gasteiger partial charge in [-0.05, 0) is 18.3 Å². The van der Waals surface area contributed by atoms with Gasteiger partial charge in [0.05, 0.1) is 17.9 Å². The Morgan fingerprint density at radius 3 is 2.71 bits per heavy atom. The van der Waals surface area contributed by atoms with Crippen LogP contribution in [0.1, 0.15) is 11.1 Å². The number of nitrogens with one attached hydrogen (secondary N) is 1. The van der Waals surface area contributed by atoms with Gasteiger partial charge in [0.1, 0.15) is 6.17 Å². The molecular weight excluding hydrogens is 316 g/mol. The first-order valence-electron chi connectivity index (χ1n) is 7.96. The maximum Gasteiger partial charge on any atom is 0.189 e. The fraction of sp³-hybridized carbons (Fsp3) is 0.158. The molecule has 2 aromatic rings. The average Bonchev–Trinajstić information content (AvgIpc) is 2.82. The molecule has 4 rings (SSSR count). The average molecular weight is 334 g/mol. The van der Waals surface area contributed by atoms with Gasteiger partial charge in [-0.2, -0.15) is 5.01 Å². The number of thiocarbonyl (C=S) groups is 1. The number of hydrogen-bond acceptors (Lipinski definition) is 3. The number of hydrazine groups is 1. The van der Waals surface area contributed by atoms with E-state index in [-0.39, 0.29) is 6.17 Å². The first-order chi connectivity index (χ1) is 11.8. The lowest BCUT2D eigenvalue weighted by molar-refractivity contribution is 0.227. The van der Waals surface area contributed by atoms with E-state index in [0.717, 1.165) is 22.5 Å². The van der Waals surface area contributed by atoms with Crippen LogP contribution < -0.4 is 10.3 Å². The Morgan fingerprint density at radius 2 is 1.92 bits per heavy atom. The summed E-state index contributed by atoms with van der Waals surface area (Å²) in [5, 5.41) is 2.79. The second-order valence-corrected chi connectivity index (χ2v) is 6.17. The van der Waals surface area contributed by atoms with E-state index >= 15 is 0 Å². The minimum Gasteiger partial charge on any atom is -0.297 e. The van der Waals surface area contributed by atoms with Crippen LogP contribution in [0.3, 0.4) is 0 Å². The third-order valence-corrected chi connectivity index (χ3v) is 4.61. The van der Waals surface area contributed by atoms with Crippen LogP contribution in [-0.2, 0) is 0 Å². The topological polar surface area (TPSA) is 30.9 Å². The number of benzene rings is 2. The second-order valence-electron chi connectivity index (χ2n) is 5.78. The molecule has 0 saturated carbocycles. The third kappa shape index (κ3) is 2.42. The third-order valence-electron chi connectivity index (χ3n) is 4.32. The van der Waals surface area contributed by atoms with Crippen LogP contribution in [0.2, 0.25) is 0 Å². The summed E-state index contributed by atoms with van der Waals surface area (Å²) in [6.45, 7) is 5.18. The van der Waals surface area contributed by atoms with Crippen LogP contribution in [-0.4, -0.2) is 35.1 Å². The quantitative estimate of drug-likeness (QED) is 0.691. The minimum absolute atomic E-state index is 0.0536. The van der Waals surface area contributed by atoms with Crippen molar-refractivity contribution in [1.29, 1.82) is 0 Å². The highest BCUT2D eigenvalue weighted by molar-refractivity contribution is 7.80. The van der Waals surface area contributed by atoms with E-state index in [9.17, 15) is 0 Å². The molecule has 0 aliphatic carbocycles. The van der Waals surface area contributed by atoms with E-state index in [0.29, 0.717) is 18.2 Å². The Balaban J connectivity index is 1.85. The van der Waals surface area contributed by atoms with E-state index in [1.165, 1.54) is 0 Å². The summed E-state index contributed by atoms with van der Waals surface area (Å²) >= 11 is 5.59. The van der Waals surface area contributed by atoms with Crippen LogP contribution in [0.4, 0.5) is 5.69 Å². The second kappa shape index (κ2) is 6.19. The summed E-state index contributed by atoms with van der Waals surface area (Å²) in [6, 6.07) is 18.6. The smallest absolute Gasteiger partial charge is 0.189 e. The highest BCUT2D eigenvalue weighted by Gasteiger charge is 2.38. The van der Waals surface area contributed by atoms with Gasteiger partial charge < -0.3 is 0 Å². The monoisotopic (exact) mass is 334 g/mol. The van der Waals surface area contributed by atoms with Gasteiger partial charge in [-0.3, -0.25) is 15.3 Å². The van der Waals surface area contributed by atoms with Crippen molar-refractivity contribution in [2.45, 2.75) is 6.17 Å². The van der Waals surface area contributed by atoms with Gasteiger partial charge in [0.2, 0.25) is 0 Å². The summed E-state index contributed by atoms with van der Waals surface area (Å²) in [7, 11) is 0. The van der Waals surface area contributed by atoms with Crippen LogP contribution in [0, 0.1) is 0 Å². The Morgan fingerprint density at radius 1 is 1.17 bits per heavy atom. The highest BCUT2D eigenvalue weighted by atomic mass is 32.1. The van der Waals surface area contributed by atoms with Crippen molar-refractivity contribution in [1.82, 2.24) is 10.4 Å². The zero-order chi connectivity index (χ0) is 16.5. The molecule has 1 fully saturated rings. The molecule has 2 heterocycles. The number of fused-ring (bicyclic) bond motifs is 3. The summed E-state index contributed by atoms with van der Waals surface area (Å²) < 4.78 is 0. The molecule has 5 heteroatoms. The van der Waals surface area contributed by atoms with Crippen molar-refractivity contribution in [2.75, 3.05) is 18.0 Å². The molecule has 2 aliphatic rings. The van der Waals surface area contributed by atoms with Gasteiger partial charge in [0.25, 0.3) is 0 Å². The molecule has 24 heavy (non-hydrogen) atoms. The van der Waals surface area contributed by atoms with E-state index < -0.39 is 0 Å². The fourth-order valence-electron chi connectivity index (χ4n) is 3.27. The van der Waals surface area contributed by atoms with Gasteiger partial charge in [-0.15, -0.1) is 6.58 Å². The van der Waals surface area contributed by atoms with Gasteiger partial charge in [0.15, 0.2) is 5.11 Å². The van der Waals surface area contributed by atoms with Gasteiger partial charge in [-0.1, -0.05) is 54.6 Å². The van der Waals surface area contributed by atoms with Crippen molar-refractivity contribution in [3.8, 4) is 0 Å². The van der Waals surface area contributed by atoms with Gasteiger partial charge in [-0.25, -0.2) is 0 Å². The Labute approximate surface area is 147 Å². The van der Waals surface area contributed by atoms with Crippen molar-refractivity contribution in [3.05, 3.63) is 78.4 Å². The molecule has 1 unspecified atom stereocenters.